The Kier molecular flexibility index (Phi) is 6.49. The standard InChI is InChI=1S/C16H25NO5/c1-16(2,3)22-15(19)17-12(10-18)8-11-6-7-13(20-4)14(9-11)21-5/h6-7,9,12,18H,8,10H2,1-5H3,(H,17,19)/t12-/m1/s1. The second-order valence-corrected chi connectivity index (χ2v) is 5.92. The number of rotatable bonds is 6. The van der Waals surface area contributed by atoms with E-state index < -0.39 is 17.7 Å². The molecule has 0 aliphatic carbocycles. The van der Waals surface area contributed by atoms with E-state index in [0.717, 1.165) is 5.56 Å². The van der Waals surface area contributed by atoms with Crippen LogP contribution < -0.4 is 14.8 Å². The molecule has 22 heavy (non-hydrogen) atoms. The van der Waals surface area contributed by atoms with Gasteiger partial charge in [-0.05, 0) is 44.9 Å². The van der Waals surface area contributed by atoms with Crippen molar-refractivity contribution in [2.75, 3.05) is 20.8 Å². The number of hydrogen-bond acceptors (Lipinski definition) is 5. The molecule has 1 atom stereocenters. The highest BCUT2D eigenvalue weighted by Crippen LogP contribution is 2.28. The summed E-state index contributed by atoms with van der Waals surface area (Å²) in [5.41, 5.74) is 0.334. The first-order valence-corrected chi connectivity index (χ1v) is 7.10. The van der Waals surface area contributed by atoms with Gasteiger partial charge in [-0.25, -0.2) is 4.79 Å². The summed E-state index contributed by atoms with van der Waals surface area (Å²) in [6.07, 6.45) is -0.0946. The molecule has 0 aliphatic rings. The molecule has 0 aromatic heterocycles. The molecule has 0 fully saturated rings. The Morgan fingerprint density at radius 1 is 1.23 bits per heavy atom. The molecule has 0 radical (unpaired) electrons. The van der Waals surface area contributed by atoms with Crippen molar-refractivity contribution in [1.29, 1.82) is 0 Å². The maximum atomic E-state index is 11.8. The molecule has 1 amide bonds. The lowest BCUT2D eigenvalue weighted by Crippen LogP contribution is -2.42. The van der Waals surface area contributed by atoms with Gasteiger partial charge in [0.15, 0.2) is 11.5 Å². The molecule has 0 bridgehead atoms. The highest BCUT2D eigenvalue weighted by Gasteiger charge is 2.19. The fourth-order valence-corrected chi connectivity index (χ4v) is 1.93. The van der Waals surface area contributed by atoms with Crippen LogP contribution in [0.3, 0.4) is 0 Å². The molecule has 0 aliphatic heterocycles. The van der Waals surface area contributed by atoms with E-state index in [-0.39, 0.29) is 6.61 Å². The van der Waals surface area contributed by atoms with Crippen molar-refractivity contribution in [3.05, 3.63) is 23.8 Å². The molecule has 0 spiro atoms. The van der Waals surface area contributed by atoms with Crippen LogP contribution in [0.5, 0.6) is 11.5 Å². The number of aliphatic hydroxyl groups is 1. The Labute approximate surface area is 131 Å². The van der Waals surface area contributed by atoms with Crippen LogP contribution in [0.25, 0.3) is 0 Å². The van der Waals surface area contributed by atoms with Crippen LogP contribution in [0, 0.1) is 0 Å². The van der Waals surface area contributed by atoms with Crippen molar-refractivity contribution in [1.82, 2.24) is 5.32 Å². The van der Waals surface area contributed by atoms with Gasteiger partial charge in [-0.3, -0.25) is 0 Å². The molecule has 0 heterocycles. The summed E-state index contributed by atoms with van der Waals surface area (Å²) in [6, 6.07) is 5.03. The van der Waals surface area contributed by atoms with E-state index in [0.29, 0.717) is 17.9 Å². The largest absolute Gasteiger partial charge is 0.493 e. The third-order valence-corrected chi connectivity index (χ3v) is 2.87. The molecule has 1 aromatic rings. The van der Waals surface area contributed by atoms with Gasteiger partial charge in [-0.2, -0.15) is 0 Å². The fourth-order valence-electron chi connectivity index (χ4n) is 1.93. The van der Waals surface area contributed by atoms with Crippen molar-refractivity contribution in [3.63, 3.8) is 0 Å². The van der Waals surface area contributed by atoms with Gasteiger partial charge in [-0.15, -0.1) is 0 Å². The first-order valence-electron chi connectivity index (χ1n) is 7.10. The number of methoxy groups -OCH3 is 2. The molecular formula is C16H25NO5. The van der Waals surface area contributed by atoms with E-state index in [9.17, 15) is 9.90 Å². The number of hydrogen-bond donors (Lipinski definition) is 2. The van der Waals surface area contributed by atoms with Gasteiger partial charge in [-0.1, -0.05) is 6.07 Å². The summed E-state index contributed by atoms with van der Waals surface area (Å²) < 4.78 is 15.6. The molecule has 1 aromatic carbocycles. The molecule has 6 nitrogen and oxygen atoms in total. The average molecular weight is 311 g/mol. The van der Waals surface area contributed by atoms with Crippen LogP contribution in [-0.2, 0) is 11.2 Å². The predicted molar refractivity (Wildman–Crippen MR) is 83.5 cm³/mol. The van der Waals surface area contributed by atoms with Gasteiger partial charge in [0.2, 0.25) is 0 Å². The van der Waals surface area contributed by atoms with Gasteiger partial charge >= 0.3 is 6.09 Å². The number of ether oxygens (including phenoxy) is 3. The Hall–Kier alpha value is -1.95. The van der Waals surface area contributed by atoms with Crippen LogP contribution in [0.15, 0.2) is 18.2 Å². The van der Waals surface area contributed by atoms with E-state index in [1.54, 1.807) is 41.1 Å². The minimum Gasteiger partial charge on any atom is -0.493 e. The van der Waals surface area contributed by atoms with Crippen LogP contribution in [-0.4, -0.2) is 43.7 Å². The lowest BCUT2D eigenvalue weighted by molar-refractivity contribution is 0.0483. The number of amides is 1. The second kappa shape index (κ2) is 7.89. The Balaban J connectivity index is 2.72. The summed E-state index contributed by atoms with van der Waals surface area (Å²) in [4.78, 5) is 11.8. The predicted octanol–water partition coefficient (Wildman–Crippen LogP) is 2.13. The molecule has 6 heteroatoms. The molecule has 0 saturated heterocycles. The Morgan fingerprint density at radius 2 is 1.86 bits per heavy atom. The molecule has 1 rings (SSSR count). The third kappa shape index (κ3) is 5.81. The monoisotopic (exact) mass is 311 g/mol. The molecule has 124 valence electrons. The summed E-state index contributed by atoms with van der Waals surface area (Å²) in [6.45, 7) is 5.17. The molecular weight excluding hydrogens is 286 g/mol. The van der Waals surface area contributed by atoms with Gasteiger partial charge in [0.25, 0.3) is 0 Å². The van der Waals surface area contributed by atoms with Gasteiger partial charge < -0.3 is 24.6 Å². The highest BCUT2D eigenvalue weighted by atomic mass is 16.6. The van der Waals surface area contributed by atoms with Crippen molar-refractivity contribution in [2.24, 2.45) is 0 Å². The summed E-state index contributed by atoms with van der Waals surface area (Å²) in [5, 5.41) is 12.1. The lowest BCUT2D eigenvalue weighted by atomic mass is 10.1. The number of alkyl carbamates (subject to hydrolysis) is 1. The second-order valence-electron chi connectivity index (χ2n) is 5.92. The van der Waals surface area contributed by atoms with E-state index in [2.05, 4.69) is 5.32 Å². The normalized spacial score (nSPS) is 12.5. The molecule has 0 saturated carbocycles. The SMILES string of the molecule is COc1ccc(C[C@H](CO)NC(=O)OC(C)(C)C)cc1OC. The third-order valence-electron chi connectivity index (χ3n) is 2.87. The summed E-state index contributed by atoms with van der Waals surface area (Å²) >= 11 is 0. The quantitative estimate of drug-likeness (QED) is 0.841. The number of benzene rings is 1. The molecule has 0 unspecified atom stereocenters. The number of carbonyl (C=O) groups is 1. The Morgan fingerprint density at radius 3 is 2.36 bits per heavy atom. The number of aliphatic hydroxyl groups excluding tert-OH is 1. The maximum Gasteiger partial charge on any atom is 0.407 e. The zero-order valence-corrected chi connectivity index (χ0v) is 13.8. The van der Waals surface area contributed by atoms with Crippen LogP contribution in [0.2, 0.25) is 0 Å². The van der Waals surface area contributed by atoms with Crippen LogP contribution in [0.4, 0.5) is 4.79 Å². The lowest BCUT2D eigenvalue weighted by Gasteiger charge is -2.23. The minimum absolute atomic E-state index is 0.187. The Bertz CT molecular complexity index is 496. The fraction of sp³-hybridized carbons (Fsp3) is 0.562. The first-order chi connectivity index (χ1) is 10.3. The topological polar surface area (TPSA) is 77.0 Å². The van der Waals surface area contributed by atoms with E-state index in [1.165, 1.54) is 0 Å². The molecule has 2 N–H and O–H groups in total. The van der Waals surface area contributed by atoms with E-state index in [4.69, 9.17) is 14.2 Å². The first kappa shape index (κ1) is 18.1. The van der Waals surface area contributed by atoms with Crippen LogP contribution in [0.1, 0.15) is 26.3 Å². The minimum atomic E-state index is -0.576. The zero-order chi connectivity index (χ0) is 16.8. The summed E-state index contributed by atoms with van der Waals surface area (Å²) in [5.74, 6) is 1.24. The van der Waals surface area contributed by atoms with Crippen molar-refractivity contribution in [3.8, 4) is 11.5 Å². The van der Waals surface area contributed by atoms with E-state index >= 15 is 0 Å². The highest BCUT2D eigenvalue weighted by molar-refractivity contribution is 5.68. The van der Waals surface area contributed by atoms with Crippen LogP contribution >= 0.6 is 0 Å². The van der Waals surface area contributed by atoms with Crippen molar-refractivity contribution < 1.29 is 24.1 Å². The number of nitrogens with one attached hydrogen (secondary N) is 1. The van der Waals surface area contributed by atoms with Crippen molar-refractivity contribution in [2.45, 2.75) is 38.8 Å². The number of carbonyl (C=O) groups excluding carboxylic acids is 1. The van der Waals surface area contributed by atoms with Gasteiger partial charge in [0.1, 0.15) is 5.60 Å². The zero-order valence-electron chi connectivity index (χ0n) is 13.8. The van der Waals surface area contributed by atoms with Crippen molar-refractivity contribution >= 4 is 6.09 Å². The van der Waals surface area contributed by atoms with Gasteiger partial charge in [0.05, 0.1) is 26.9 Å². The van der Waals surface area contributed by atoms with Gasteiger partial charge in [0, 0.05) is 0 Å². The maximum absolute atomic E-state index is 11.8. The summed E-state index contributed by atoms with van der Waals surface area (Å²) in [7, 11) is 3.13. The smallest absolute Gasteiger partial charge is 0.407 e. The average Bonchev–Trinajstić information content (AvgIpc) is 2.44. The van der Waals surface area contributed by atoms with E-state index in [1.807, 2.05) is 12.1 Å².